The molecule has 0 atom stereocenters. The van der Waals surface area contributed by atoms with Gasteiger partial charge in [-0.1, -0.05) is 0 Å². The Hall–Kier alpha value is -1.75. The molecule has 0 fully saturated rings. The summed E-state index contributed by atoms with van der Waals surface area (Å²) in [7, 11) is 0. The maximum atomic E-state index is 5.07. The van der Waals surface area contributed by atoms with Crippen LogP contribution in [0.1, 0.15) is 0 Å². The third-order valence-corrected chi connectivity index (χ3v) is 2.45. The van der Waals surface area contributed by atoms with Crippen molar-refractivity contribution in [3.05, 3.63) is 35.4 Å². The fraction of sp³-hybridized carbons (Fsp3) is 0. The van der Waals surface area contributed by atoms with Crippen molar-refractivity contribution in [1.29, 1.82) is 0 Å². The lowest BCUT2D eigenvalue weighted by Gasteiger charge is -1.97. The molecular weight excluding hydrogens is 196 g/mol. The summed E-state index contributed by atoms with van der Waals surface area (Å²) >= 11 is 5.07. The Bertz CT molecular complexity index is 667. The van der Waals surface area contributed by atoms with Gasteiger partial charge in [0.25, 0.3) is 0 Å². The lowest BCUT2D eigenvalue weighted by atomic mass is 10.2. The third kappa shape index (κ3) is 0.898. The summed E-state index contributed by atoms with van der Waals surface area (Å²) in [5.41, 5.74) is 1.75. The molecule has 0 aliphatic heterocycles. The monoisotopic (exact) mass is 202 g/mol. The fourth-order valence-electron chi connectivity index (χ4n) is 1.52. The average molecular weight is 202 g/mol. The molecule has 0 saturated heterocycles. The van der Waals surface area contributed by atoms with Crippen LogP contribution in [0.5, 0.6) is 0 Å². The van der Waals surface area contributed by atoms with Gasteiger partial charge in [-0.25, -0.2) is 0 Å². The van der Waals surface area contributed by atoms with Crippen LogP contribution in [-0.2, 0) is 0 Å². The van der Waals surface area contributed by atoms with Gasteiger partial charge in [-0.05, 0) is 30.4 Å². The minimum absolute atomic E-state index is 0.603. The van der Waals surface area contributed by atoms with Crippen molar-refractivity contribution in [2.45, 2.75) is 0 Å². The second-order valence-electron chi connectivity index (χ2n) is 2.97. The number of hydrogen-bond acceptors (Lipinski definition) is 3. The minimum Gasteiger partial charge on any atom is -0.275 e. The standard InChI is InChI=1S/C9H6N4S/c14-9-12-11-8-6-2-1-4-10-7(6)3-5-13(8)9/h1-5H,(H,12,14). The molecule has 3 heterocycles. The maximum absolute atomic E-state index is 5.07. The van der Waals surface area contributed by atoms with Crippen LogP contribution >= 0.6 is 12.2 Å². The SMILES string of the molecule is S=c1[nH]nc2c3cccnc3ccn12. The number of aromatic amines is 1. The van der Waals surface area contributed by atoms with Gasteiger partial charge in [0.15, 0.2) is 10.4 Å². The van der Waals surface area contributed by atoms with Gasteiger partial charge >= 0.3 is 0 Å². The third-order valence-electron chi connectivity index (χ3n) is 2.17. The van der Waals surface area contributed by atoms with E-state index in [0.717, 1.165) is 16.6 Å². The molecule has 0 spiro atoms. The zero-order valence-electron chi connectivity index (χ0n) is 7.14. The van der Waals surface area contributed by atoms with Crippen LogP contribution in [-0.4, -0.2) is 19.6 Å². The van der Waals surface area contributed by atoms with Crippen molar-refractivity contribution in [2.75, 3.05) is 0 Å². The van der Waals surface area contributed by atoms with Crippen LogP contribution < -0.4 is 0 Å². The highest BCUT2D eigenvalue weighted by molar-refractivity contribution is 7.71. The number of fused-ring (bicyclic) bond motifs is 3. The van der Waals surface area contributed by atoms with E-state index in [4.69, 9.17) is 12.2 Å². The van der Waals surface area contributed by atoms with Gasteiger partial charge in [-0.15, -0.1) is 0 Å². The molecule has 0 bridgehead atoms. The zero-order valence-corrected chi connectivity index (χ0v) is 7.95. The van der Waals surface area contributed by atoms with Gasteiger partial charge in [-0.3, -0.25) is 14.5 Å². The Kier molecular flexibility index (Phi) is 1.43. The van der Waals surface area contributed by atoms with E-state index in [1.54, 1.807) is 6.20 Å². The Morgan fingerprint density at radius 2 is 2.29 bits per heavy atom. The van der Waals surface area contributed by atoms with Gasteiger partial charge in [0, 0.05) is 17.8 Å². The summed E-state index contributed by atoms with van der Waals surface area (Å²) in [6.07, 6.45) is 3.64. The number of nitrogens with one attached hydrogen (secondary N) is 1. The number of pyridine rings is 2. The summed E-state index contributed by atoms with van der Waals surface area (Å²) in [5.74, 6) is 0. The highest BCUT2D eigenvalue weighted by Crippen LogP contribution is 2.15. The van der Waals surface area contributed by atoms with Crippen LogP contribution in [0, 0.1) is 4.77 Å². The van der Waals surface area contributed by atoms with E-state index in [2.05, 4.69) is 15.2 Å². The quantitative estimate of drug-likeness (QED) is 0.567. The lowest BCUT2D eigenvalue weighted by molar-refractivity contribution is 1.07. The summed E-state index contributed by atoms with van der Waals surface area (Å²) in [4.78, 5) is 4.24. The van der Waals surface area contributed by atoms with E-state index < -0.39 is 0 Å². The first-order valence-electron chi connectivity index (χ1n) is 4.17. The van der Waals surface area contributed by atoms with Crippen molar-refractivity contribution >= 4 is 28.8 Å². The second kappa shape index (κ2) is 2.62. The molecule has 0 aliphatic carbocycles. The Labute approximate surface area is 84.2 Å². The van der Waals surface area contributed by atoms with Crippen LogP contribution in [0.4, 0.5) is 0 Å². The van der Waals surface area contributed by atoms with Gasteiger partial charge in [0.1, 0.15) is 0 Å². The van der Waals surface area contributed by atoms with Gasteiger partial charge in [-0.2, -0.15) is 5.10 Å². The van der Waals surface area contributed by atoms with E-state index in [1.807, 2.05) is 28.8 Å². The zero-order chi connectivity index (χ0) is 9.54. The molecule has 5 heteroatoms. The molecular formula is C9H6N4S. The highest BCUT2D eigenvalue weighted by Gasteiger charge is 2.02. The van der Waals surface area contributed by atoms with Crippen molar-refractivity contribution < 1.29 is 0 Å². The fourth-order valence-corrected chi connectivity index (χ4v) is 1.71. The van der Waals surface area contributed by atoms with E-state index in [9.17, 15) is 0 Å². The summed E-state index contributed by atoms with van der Waals surface area (Å²) in [6, 6.07) is 5.79. The van der Waals surface area contributed by atoms with Crippen molar-refractivity contribution in [3.63, 3.8) is 0 Å². The molecule has 0 radical (unpaired) electrons. The normalized spacial score (nSPS) is 11.1. The molecule has 3 aromatic heterocycles. The summed E-state index contributed by atoms with van der Waals surface area (Å²) < 4.78 is 2.44. The van der Waals surface area contributed by atoms with Crippen LogP contribution in [0.25, 0.3) is 16.6 Å². The van der Waals surface area contributed by atoms with Crippen molar-refractivity contribution in [3.8, 4) is 0 Å². The average Bonchev–Trinajstić information content (AvgIpc) is 2.61. The first kappa shape index (κ1) is 7.64. The van der Waals surface area contributed by atoms with E-state index in [0.29, 0.717) is 4.77 Å². The predicted octanol–water partition coefficient (Wildman–Crippen LogP) is 1.94. The van der Waals surface area contributed by atoms with Crippen LogP contribution in [0.3, 0.4) is 0 Å². The van der Waals surface area contributed by atoms with E-state index >= 15 is 0 Å². The number of H-pyrrole nitrogens is 1. The topological polar surface area (TPSA) is 46.0 Å². The van der Waals surface area contributed by atoms with E-state index in [1.165, 1.54) is 0 Å². The lowest BCUT2D eigenvalue weighted by Crippen LogP contribution is -1.86. The minimum atomic E-state index is 0.603. The van der Waals surface area contributed by atoms with Gasteiger partial charge in [0.2, 0.25) is 0 Å². The highest BCUT2D eigenvalue weighted by atomic mass is 32.1. The van der Waals surface area contributed by atoms with Crippen molar-refractivity contribution in [1.82, 2.24) is 19.6 Å². The van der Waals surface area contributed by atoms with Gasteiger partial charge < -0.3 is 0 Å². The second-order valence-corrected chi connectivity index (χ2v) is 3.36. The molecule has 3 rings (SSSR count). The number of hydrogen-bond donors (Lipinski definition) is 1. The molecule has 0 amide bonds. The smallest absolute Gasteiger partial charge is 0.199 e. The summed E-state index contributed by atoms with van der Waals surface area (Å²) in [5, 5.41) is 7.91. The predicted molar refractivity (Wildman–Crippen MR) is 55.7 cm³/mol. The number of rotatable bonds is 0. The molecule has 14 heavy (non-hydrogen) atoms. The van der Waals surface area contributed by atoms with Gasteiger partial charge in [0.05, 0.1) is 5.52 Å². The first-order valence-corrected chi connectivity index (χ1v) is 4.57. The number of aromatic nitrogens is 4. The largest absolute Gasteiger partial charge is 0.275 e. The molecule has 1 N–H and O–H groups in total. The number of nitrogens with zero attached hydrogens (tertiary/aromatic N) is 3. The molecule has 0 saturated carbocycles. The van der Waals surface area contributed by atoms with Crippen LogP contribution in [0.2, 0.25) is 0 Å². The molecule has 4 nitrogen and oxygen atoms in total. The van der Waals surface area contributed by atoms with E-state index in [-0.39, 0.29) is 0 Å². The molecule has 0 aromatic carbocycles. The molecule has 0 aliphatic rings. The molecule has 0 unspecified atom stereocenters. The summed E-state index contributed by atoms with van der Waals surface area (Å²) in [6.45, 7) is 0. The maximum Gasteiger partial charge on any atom is 0.199 e. The molecule has 68 valence electrons. The Balaban J connectivity index is 2.68. The molecule has 3 aromatic rings. The van der Waals surface area contributed by atoms with Crippen molar-refractivity contribution in [2.24, 2.45) is 0 Å². The first-order chi connectivity index (χ1) is 6.86. The Morgan fingerprint density at radius 1 is 1.36 bits per heavy atom. The Morgan fingerprint density at radius 3 is 3.21 bits per heavy atom. The van der Waals surface area contributed by atoms with Crippen LogP contribution in [0.15, 0.2) is 30.6 Å².